The van der Waals surface area contributed by atoms with Gasteiger partial charge in [0.2, 0.25) is 0 Å². The molecule has 0 unspecified atom stereocenters. The summed E-state index contributed by atoms with van der Waals surface area (Å²) in [5.41, 5.74) is -0.0171. The standard InChI is InChI=1S/C20H21NO4/c1-20(2)18(22)17(15-10-13(24-3)8-9-16(15)25-20)21-11-12-6-4-5-7-14(12)19(21)23/h4-11,17-18,22-23H,1-3H3/t17-,18-/m1/s1. The maximum atomic E-state index is 11.0. The normalized spacial score (nSPS) is 21.6. The van der Waals surface area contributed by atoms with Crippen LogP contribution < -0.4 is 9.47 Å². The van der Waals surface area contributed by atoms with E-state index in [1.807, 2.05) is 62.5 Å². The third-order valence-corrected chi connectivity index (χ3v) is 4.94. The van der Waals surface area contributed by atoms with Crippen LogP contribution in [0.3, 0.4) is 0 Å². The molecule has 0 saturated heterocycles. The molecule has 4 rings (SSSR count). The molecule has 1 aromatic heterocycles. The number of hydrogen-bond acceptors (Lipinski definition) is 4. The SMILES string of the molecule is COc1ccc2c(c1)[C@@H](n1cc3ccccc3c1O)[C@@H](O)C(C)(C)O2. The van der Waals surface area contributed by atoms with E-state index in [-0.39, 0.29) is 5.88 Å². The molecule has 0 fully saturated rings. The summed E-state index contributed by atoms with van der Waals surface area (Å²) in [5, 5.41) is 23.4. The lowest BCUT2D eigenvalue weighted by Gasteiger charge is -2.42. The largest absolute Gasteiger partial charge is 0.497 e. The molecule has 0 bridgehead atoms. The number of aromatic nitrogens is 1. The van der Waals surface area contributed by atoms with E-state index in [2.05, 4.69) is 0 Å². The molecule has 0 amide bonds. The monoisotopic (exact) mass is 339 g/mol. The fourth-order valence-corrected chi connectivity index (χ4v) is 3.55. The van der Waals surface area contributed by atoms with Crippen molar-refractivity contribution in [3.8, 4) is 17.4 Å². The smallest absolute Gasteiger partial charge is 0.199 e. The van der Waals surface area contributed by atoms with Gasteiger partial charge in [0, 0.05) is 22.5 Å². The van der Waals surface area contributed by atoms with Gasteiger partial charge in [-0.05, 0) is 38.1 Å². The molecule has 2 heterocycles. The van der Waals surface area contributed by atoms with Crippen LogP contribution in [0.4, 0.5) is 0 Å². The maximum Gasteiger partial charge on any atom is 0.199 e. The highest BCUT2D eigenvalue weighted by Crippen LogP contribution is 2.45. The van der Waals surface area contributed by atoms with Crippen molar-refractivity contribution in [1.82, 2.24) is 4.57 Å². The molecule has 5 nitrogen and oxygen atoms in total. The highest BCUT2D eigenvalue weighted by atomic mass is 16.5. The average molecular weight is 339 g/mol. The van der Waals surface area contributed by atoms with E-state index in [9.17, 15) is 10.2 Å². The molecule has 2 N–H and O–H groups in total. The summed E-state index contributed by atoms with van der Waals surface area (Å²) in [6.07, 6.45) is 1.02. The van der Waals surface area contributed by atoms with Gasteiger partial charge in [0.1, 0.15) is 23.2 Å². The van der Waals surface area contributed by atoms with Crippen LogP contribution in [0.15, 0.2) is 48.7 Å². The lowest BCUT2D eigenvalue weighted by molar-refractivity contribution is -0.0645. The fraction of sp³-hybridized carbons (Fsp3) is 0.300. The minimum Gasteiger partial charge on any atom is -0.497 e. The second-order valence-corrected chi connectivity index (χ2v) is 6.95. The summed E-state index contributed by atoms with van der Waals surface area (Å²) in [7, 11) is 1.60. The lowest BCUT2D eigenvalue weighted by Crippen LogP contribution is -2.50. The number of nitrogens with zero attached hydrogens (tertiary/aromatic N) is 1. The number of rotatable bonds is 2. The van der Waals surface area contributed by atoms with Crippen LogP contribution in [0, 0.1) is 0 Å². The van der Waals surface area contributed by atoms with Crippen LogP contribution in [0.5, 0.6) is 17.4 Å². The Kier molecular flexibility index (Phi) is 3.44. The lowest BCUT2D eigenvalue weighted by atomic mass is 9.86. The number of hydrogen-bond donors (Lipinski definition) is 2. The van der Waals surface area contributed by atoms with Crippen molar-refractivity contribution in [3.63, 3.8) is 0 Å². The summed E-state index contributed by atoms with van der Waals surface area (Å²) in [5.74, 6) is 1.49. The Labute approximate surface area is 146 Å². The molecule has 2 atom stereocenters. The van der Waals surface area contributed by atoms with Gasteiger partial charge < -0.3 is 24.3 Å². The van der Waals surface area contributed by atoms with Crippen LogP contribution in [-0.2, 0) is 0 Å². The first-order chi connectivity index (χ1) is 11.9. The molecule has 25 heavy (non-hydrogen) atoms. The fourth-order valence-electron chi connectivity index (χ4n) is 3.55. The molecule has 0 spiro atoms. The van der Waals surface area contributed by atoms with Crippen molar-refractivity contribution in [2.24, 2.45) is 0 Å². The number of aromatic hydroxyl groups is 1. The third kappa shape index (κ3) is 2.35. The van der Waals surface area contributed by atoms with Crippen LogP contribution >= 0.6 is 0 Å². The molecule has 130 valence electrons. The van der Waals surface area contributed by atoms with E-state index in [4.69, 9.17) is 9.47 Å². The van der Waals surface area contributed by atoms with Gasteiger partial charge in [-0.3, -0.25) is 0 Å². The van der Waals surface area contributed by atoms with Crippen LogP contribution in [-0.4, -0.2) is 33.6 Å². The van der Waals surface area contributed by atoms with Crippen molar-refractivity contribution in [2.45, 2.75) is 31.6 Å². The summed E-state index contributed by atoms with van der Waals surface area (Å²) in [6, 6.07) is 12.6. The molecular formula is C20H21NO4. The highest BCUT2D eigenvalue weighted by molar-refractivity contribution is 5.88. The molecule has 1 aliphatic rings. The molecule has 0 aliphatic carbocycles. The molecule has 0 radical (unpaired) electrons. The Balaban J connectivity index is 1.96. The molecular weight excluding hydrogens is 318 g/mol. The van der Waals surface area contributed by atoms with E-state index in [0.29, 0.717) is 11.5 Å². The van der Waals surface area contributed by atoms with Crippen molar-refractivity contribution < 1.29 is 19.7 Å². The minimum atomic E-state index is -0.847. The maximum absolute atomic E-state index is 11.0. The highest BCUT2D eigenvalue weighted by Gasteiger charge is 2.44. The quantitative estimate of drug-likeness (QED) is 0.750. The predicted octanol–water partition coefficient (Wildman–Crippen LogP) is 3.48. The van der Waals surface area contributed by atoms with Gasteiger partial charge >= 0.3 is 0 Å². The Morgan fingerprint density at radius 3 is 2.64 bits per heavy atom. The van der Waals surface area contributed by atoms with E-state index in [0.717, 1.165) is 16.3 Å². The molecule has 2 aromatic carbocycles. The van der Waals surface area contributed by atoms with Crippen LogP contribution in [0.2, 0.25) is 0 Å². The molecule has 1 aliphatic heterocycles. The van der Waals surface area contributed by atoms with Crippen molar-refractivity contribution in [1.29, 1.82) is 0 Å². The van der Waals surface area contributed by atoms with Gasteiger partial charge in [-0.15, -0.1) is 0 Å². The van der Waals surface area contributed by atoms with Gasteiger partial charge in [-0.2, -0.15) is 0 Å². The summed E-state index contributed by atoms with van der Waals surface area (Å²) in [4.78, 5) is 0. The van der Waals surface area contributed by atoms with Gasteiger partial charge in [-0.25, -0.2) is 0 Å². The Bertz CT molecular complexity index is 944. The second kappa shape index (κ2) is 5.43. The first-order valence-corrected chi connectivity index (χ1v) is 8.26. The van der Waals surface area contributed by atoms with E-state index >= 15 is 0 Å². The summed E-state index contributed by atoms with van der Waals surface area (Å²) >= 11 is 0. The zero-order chi connectivity index (χ0) is 17.8. The average Bonchev–Trinajstić information content (AvgIpc) is 2.92. The van der Waals surface area contributed by atoms with Gasteiger partial charge in [-0.1, -0.05) is 18.2 Å². The van der Waals surface area contributed by atoms with E-state index in [1.165, 1.54) is 0 Å². The Morgan fingerprint density at radius 1 is 1.16 bits per heavy atom. The topological polar surface area (TPSA) is 63.9 Å². The second-order valence-electron chi connectivity index (χ2n) is 6.95. The Hall–Kier alpha value is -2.66. The van der Waals surface area contributed by atoms with Crippen molar-refractivity contribution in [2.75, 3.05) is 7.11 Å². The minimum absolute atomic E-state index is 0.131. The van der Waals surface area contributed by atoms with Gasteiger partial charge in [0.05, 0.1) is 13.2 Å². The number of benzene rings is 2. The van der Waals surface area contributed by atoms with Crippen molar-refractivity contribution >= 4 is 10.8 Å². The number of methoxy groups -OCH3 is 1. The van der Waals surface area contributed by atoms with Crippen molar-refractivity contribution in [3.05, 3.63) is 54.2 Å². The third-order valence-electron chi connectivity index (χ3n) is 4.94. The van der Waals surface area contributed by atoms with Crippen LogP contribution in [0.1, 0.15) is 25.5 Å². The molecule has 3 aromatic rings. The Morgan fingerprint density at radius 2 is 1.92 bits per heavy atom. The van der Waals surface area contributed by atoms with Gasteiger partial charge in [0.25, 0.3) is 0 Å². The number of aliphatic hydroxyl groups is 1. The van der Waals surface area contributed by atoms with E-state index < -0.39 is 17.7 Å². The number of fused-ring (bicyclic) bond motifs is 2. The zero-order valence-electron chi connectivity index (χ0n) is 14.4. The first kappa shape index (κ1) is 15.8. The zero-order valence-corrected chi connectivity index (χ0v) is 14.4. The number of aliphatic hydroxyl groups excluding tert-OH is 1. The number of ether oxygens (including phenoxy) is 2. The van der Waals surface area contributed by atoms with Gasteiger partial charge in [0.15, 0.2) is 5.88 Å². The predicted molar refractivity (Wildman–Crippen MR) is 95.4 cm³/mol. The first-order valence-electron chi connectivity index (χ1n) is 8.26. The molecule has 5 heteroatoms. The summed E-state index contributed by atoms with van der Waals surface area (Å²) < 4.78 is 13.0. The molecule has 0 saturated carbocycles. The van der Waals surface area contributed by atoms with E-state index in [1.54, 1.807) is 11.7 Å². The van der Waals surface area contributed by atoms with Crippen LogP contribution in [0.25, 0.3) is 10.8 Å². The summed E-state index contributed by atoms with van der Waals surface area (Å²) in [6.45, 7) is 3.69.